The third-order valence-electron chi connectivity index (χ3n) is 13.2. The maximum atomic E-state index is 2.45. The summed E-state index contributed by atoms with van der Waals surface area (Å²) >= 11 is 1.91. The molecule has 2 heteroatoms. The van der Waals surface area contributed by atoms with Gasteiger partial charge in [-0.15, -0.1) is 11.3 Å². The molecule has 0 aliphatic carbocycles. The van der Waals surface area contributed by atoms with Crippen molar-refractivity contribution < 1.29 is 0 Å². The van der Waals surface area contributed by atoms with Crippen LogP contribution in [0.3, 0.4) is 0 Å². The molecule has 64 heavy (non-hydrogen) atoms. The molecule has 13 aromatic rings. The molecule has 13 rings (SSSR count). The van der Waals surface area contributed by atoms with Crippen LogP contribution < -0.4 is 0 Å². The van der Waals surface area contributed by atoms with E-state index in [2.05, 4.69) is 241 Å². The number of nitrogens with zero attached hydrogens (tertiary/aromatic N) is 1. The van der Waals surface area contributed by atoms with E-state index in [4.69, 9.17) is 0 Å². The van der Waals surface area contributed by atoms with Gasteiger partial charge in [0.05, 0.1) is 11.0 Å². The van der Waals surface area contributed by atoms with E-state index in [1.807, 2.05) is 11.3 Å². The van der Waals surface area contributed by atoms with E-state index in [9.17, 15) is 0 Å². The standard InChI is InChI=1S/C62H39NS/c1-4-17-40(18-5-1)47-28-15-30-53-54-31-16-29-48(62(54)64-61(47)53)45-34-36-58-55(39-45)49-25-12-13-32-57(49)63(58)46-24-14-23-43(37-46)44-33-35-52-56(38-44)60(42-21-8-3-9-22-42)51-27-11-10-26-50(51)59(52)41-19-6-2-7-20-41/h1-39H. The number of benzene rings is 11. The summed E-state index contributed by atoms with van der Waals surface area (Å²) in [5, 5.41) is 10.2. The summed E-state index contributed by atoms with van der Waals surface area (Å²) < 4.78 is 5.11. The SMILES string of the molecule is c1ccc(-c2c3ccccc3c(-c3ccccc3)c3cc(-c4cccc(-n5c6ccccc6c6cc(-c7cccc8c7sc7c(-c9ccccc9)cccc78)ccc65)c4)ccc23)cc1. The van der Waals surface area contributed by atoms with Crippen LogP contribution in [-0.4, -0.2) is 4.57 Å². The molecule has 0 aliphatic rings. The van der Waals surface area contributed by atoms with E-state index >= 15 is 0 Å². The van der Waals surface area contributed by atoms with Crippen LogP contribution in [0.2, 0.25) is 0 Å². The van der Waals surface area contributed by atoms with E-state index in [1.54, 1.807) is 0 Å². The predicted molar refractivity (Wildman–Crippen MR) is 276 cm³/mol. The first kappa shape index (κ1) is 36.6. The Hall–Kier alpha value is -8.04. The molecule has 0 N–H and O–H groups in total. The molecule has 0 spiro atoms. The Balaban J connectivity index is 0.973. The van der Waals surface area contributed by atoms with Crippen molar-refractivity contribution in [1.82, 2.24) is 4.57 Å². The highest BCUT2D eigenvalue weighted by atomic mass is 32.1. The predicted octanol–water partition coefficient (Wildman–Crippen LogP) is 17.8. The van der Waals surface area contributed by atoms with Crippen LogP contribution in [0.1, 0.15) is 0 Å². The number of fused-ring (bicyclic) bond motifs is 8. The van der Waals surface area contributed by atoms with Gasteiger partial charge in [-0.05, 0) is 114 Å². The normalized spacial score (nSPS) is 11.8. The molecule has 0 amide bonds. The maximum Gasteiger partial charge on any atom is 0.0541 e. The minimum Gasteiger partial charge on any atom is -0.309 e. The first-order valence-electron chi connectivity index (χ1n) is 22.0. The topological polar surface area (TPSA) is 4.93 Å². The fourth-order valence-corrected chi connectivity index (χ4v) is 11.7. The Morgan fingerprint density at radius 2 is 0.703 bits per heavy atom. The molecule has 0 atom stereocenters. The zero-order valence-corrected chi connectivity index (χ0v) is 35.7. The van der Waals surface area contributed by atoms with Gasteiger partial charge in [-0.25, -0.2) is 0 Å². The lowest BCUT2D eigenvalue weighted by atomic mass is 9.85. The lowest BCUT2D eigenvalue weighted by Gasteiger charge is -2.19. The van der Waals surface area contributed by atoms with E-state index in [-0.39, 0.29) is 0 Å². The molecule has 0 saturated carbocycles. The molecule has 2 heterocycles. The summed E-state index contributed by atoms with van der Waals surface area (Å²) in [6, 6.07) is 87.1. The van der Waals surface area contributed by atoms with Crippen LogP contribution in [0.4, 0.5) is 0 Å². The van der Waals surface area contributed by atoms with Crippen molar-refractivity contribution in [3.63, 3.8) is 0 Å². The fraction of sp³-hybridized carbons (Fsp3) is 0. The lowest BCUT2D eigenvalue weighted by molar-refractivity contribution is 1.18. The molecule has 0 saturated heterocycles. The molecule has 11 aromatic carbocycles. The molecule has 0 radical (unpaired) electrons. The zero-order valence-electron chi connectivity index (χ0n) is 34.9. The average molecular weight is 830 g/mol. The molecule has 0 fully saturated rings. The summed E-state index contributed by atoms with van der Waals surface area (Å²) in [7, 11) is 0. The van der Waals surface area contributed by atoms with Crippen molar-refractivity contribution in [3.8, 4) is 61.3 Å². The Morgan fingerprint density at radius 1 is 0.250 bits per heavy atom. The largest absolute Gasteiger partial charge is 0.309 e. The zero-order chi connectivity index (χ0) is 42.1. The van der Waals surface area contributed by atoms with E-state index in [1.165, 1.54) is 119 Å². The monoisotopic (exact) mass is 829 g/mol. The van der Waals surface area contributed by atoms with Crippen molar-refractivity contribution in [2.24, 2.45) is 0 Å². The van der Waals surface area contributed by atoms with Crippen LogP contribution >= 0.6 is 11.3 Å². The highest BCUT2D eigenvalue weighted by Crippen LogP contribution is 2.47. The van der Waals surface area contributed by atoms with Gasteiger partial charge in [0.15, 0.2) is 0 Å². The first-order valence-corrected chi connectivity index (χ1v) is 22.8. The number of hydrogen-bond acceptors (Lipinski definition) is 1. The summed E-state index contributed by atoms with van der Waals surface area (Å²) in [6.45, 7) is 0. The molecule has 1 nitrogen and oxygen atoms in total. The number of aromatic nitrogens is 1. The van der Waals surface area contributed by atoms with Crippen LogP contribution in [0, 0.1) is 0 Å². The van der Waals surface area contributed by atoms with Crippen molar-refractivity contribution in [3.05, 3.63) is 237 Å². The first-order chi connectivity index (χ1) is 31.8. The Bertz CT molecular complexity index is 3930. The van der Waals surface area contributed by atoms with Crippen molar-refractivity contribution in [2.45, 2.75) is 0 Å². The summed E-state index contributed by atoms with van der Waals surface area (Å²) in [6.07, 6.45) is 0. The van der Waals surface area contributed by atoms with Gasteiger partial charge < -0.3 is 4.57 Å². The van der Waals surface area contributed by atoms with Crippen LogP contribution in [0.15, 0.2) is 237 Å². The number of thiophene rings is 1. The fourth-order valence-electron chi connectivity index (χ4n) is 10.3. The van der Waals surface area contributed by atoms with Crippen molar-refractivity contribution in [1.29, 1.82) is 0 Å². The minimum atomic E-state index is 1.14. The average Bonchev–Trinajstić information content (AvgIpc) is 3.92. The third kappa shape index (κ3) is 5.77. The molecular weight excluding hydrogens is 791 g/mol. The molecular formula is C62H39NS. The molecule has 0 unspecified atom stereocenters. The number of rotatable bonds is 6. The second kappa shape index (κ2) is 14.8. The van der Waals surface area contributed by atoms with Gasteiger partial charge in [0.2, 0.25) is 0 Å². The van der Waals surface area contributed by atoms with Crippen LogP contribution in [0.25, 0.3) is 125 Å². The van der Waals surface area contributed by atoms with Crippen LogP contribution in [-0.2, 0) is 0 Å². The summed E-state index contributed by atoms with van der Waals surface area (Å²) in [5.74, 6) is 0. The van der Waals surface area contributed by atoms with Gasteiger partial charge in [-0.1, -0.05) is 200 Å². The highest BCUT2D eigenvalue weighted by Gasteiger charge is 2.20. The van der Waals surface area contributed by atoms with Crippen molar-refractivity contribution in [2.75, 3.05) is 0 Å². The van der Waals surface area contributed by atoms with Crippen molar-refractivity contribution >= 4 is 74.9 Å². The van der Waals surface area contributed by atoms with Crippen LogP contribution in [0.5, 0.6) is 0 Å². The molecule has 0 bridgehead atoms. The Labute approximate surface area is 375 Å². The lowest BCUT2D eigenvalue weighted by Crippen LogP contribution is -1.95. The van der Waals surface area contributed by atoms with Gasteiger partial charge in [0, 0.05) is 36.6 Å². The van der Waals surface area contributed by atoms with Gasteiger partial charge >= 0.3 is 0 Å². The van der Waals surface area contributed by atoms with E-state index < -0.39 is 0 Å². The molecule has 298 valence electrons. The Kier molecular flexibility index (Phi) is 8.47. The van der Waals surface area contributed by atoms with E-state index in [0.29, 0.717) is 0 Å². The highest BCUT2D eigenvalue weighted by molar-refractivity contribution is 7.26. The third-order valence-corrected chi connectivity index (χ3v) is 14.5. The number of para-hydroxylation sites is 1. The smallest absolute Gasteiger partial charge is 0.0541 e. The summed E-state index contributed by atoms with van der Waals surface area (Å²) in [4.78, 5) is 0. The second-order valence-corrected chi connectivity index (χ2v) is 17.8. The quantitative estimate of drug-likeness (QED) is 0.147. The minimum absolute atomic E-state index is 1.14. The number of hydrogen-bond donors (Lipinski definition) is 0. The van der Waals surface area contributed by atoms with Gasteiger partial charge in [0.1, 0.15) is 0 Å². The van der Waals surface area contributed by atoms with Gasteiger partial charge in [-0.2, -0.15) is 0 Å². The van der Waals surface area contributed by atoms with Gasteiger partial charge in [-0.3, -0.25) is 0 Å². The summed E-state index contributed by atoms with van der Waals surface area (Å²) in [5.41, 5.74) is 15.9. The second-order valence-electron chi connectivity index (χ2n) is 16.8. The maximum absolute atomic E-state index is 2.45. The van der Waals surface area contributed by atoms with Gasteiger partial charge in [0.25, 0.3) is 0 Å². The van der Waals surface area contributed by atoms with E-state index in [0.717, 1.165) is 5.69 Å². The molecule has 0 aliphatic heterocycles. The Morgan fingerprint density at radius 3 is 1.38 bits per heavy atom. The molecule has 2 aromatic heterocycles.